The molecule has 0 spiro atoms. The largest absolute Gasteiger partial charge is 0.416 e. The fraction of sp³-hybridized carbons (Fsp3) is 0.667. The molecule has 1 aromatic rings. The predicted molar refractivity (Wildman–Crippen MR) is 102 cm³/mol. The third-order valence-corrected chi connectivity index (χ3v) is 5.42. The molecule has 29 heavy (non-hydrogen) atoms. The van der Waals surface area contributed by atoms with Crippen molar-refractivity contribution in [3.05, 3.63) is 35.4 Å². The summed E-state index contributed by atoms with van der Waals surface area (Å²) in [5.74, 6) is 0.0914. The molecule has 2 fully saturated rings. The molecule has 2 aliphatic rings. The van der Waals surface area contributed by atoms with Crippen molar-refractivity contribution in [2.24, 2.45) is 0 Å². The molecular weight excluding hydrogens is 385 g/mol. The number of carbonyl (C=O) groups is 1. The van der Waals surface area contributed by atoms with Gasteiger partial charge in [0.05, 0.1) is 31.3 Å². The summed E-state index contributed by atoms with van der Waals surface area (Å²) in [5, 5.41) is 0. The normalized spacial score (nSPS) is 21.3. The highest BCUT2D eigenvalue weighted by Gasteiger charge is 2.30. The second-order valence-electron chi connectivity index (χ2n) is 7.67. The Kier molecular flexibility index (Phi) is 7.91. The van der Waals surface area contributed by atoms with Crippen molar-refractivity contribution in [3.63, 3.8) is 0 Å². The van der Waals surface area contributed by atoms with Gasteiger partial charge in [0, 0.05) is 39.3 Å². The Labute approximate surface area is 169 Å². The summed E-state index contributed by atoms with van der Waals surface area (Å²) in [6.07, 6.45) is -0.828. The van der Waals surface area contributed by atoms with Crippen LogP contribution in [0.15, 0.2) is 24.3 Å². The zero-order valence-corrected chi connectivity index (χ0v) is 16.6. The van der Waals surface area contributed by atoms with Crippen molar-refractivity contribution < 1.29 is 27.4 Å². The monoisotopic (exact) mass is 414 g/mol. The Morgan fingerprint density at radius 2 is 1.90 bits per heavy atom. The number of nitrogens with zero attached hydrogens (tertiary/aromatic N) is 2. The fourth-order valence-electron chi connectivity index (χ4n) is 3.74. The summed E-state index contributed by atoms with van der Waals surface area (Å²) in [5.41, 5.74) is 0.218. The van der Waals surface area contributed by atoms with Crippen LogP contribution in [0.25, 0.3) is 0 Å². The number of hydrogen-bond donors (Lipinski definition) is 0. The van der Waals surface area contributed by atoms with Crippen LogP contribution in [0.5, 0.6) is 0 Å². The van der Waals surface area contributed by atoms with Crippen molar-refractivity contribution in [2.45, 2.75) is 44.5 Å². The van der Waals surface area contributed by atoms with Gasteiger partial charge in [-0.3, -0.25) is 9.69 Å². The minimum absolute atomic E-state index is 0.0914. The maximum Gasteiger partial charge on any atom is 0.416 e. The summed E-state index contributed by atoms with van der Waals surface area (Å²) in [6.45, 7) is 5.20. The predicted octanol–water partition coefficient (Wildman–Crippen LogP) is 3.33. The molecule has 0 bridgehead atoms. The highest BCUT2D eigenvalue weighted by Crippen LogP contribution is 2.29. The molecule has 0 N–H and O–H groups in total. The van der Waals surface area contributed by atoms with E-state index in [1.807, 2.05) is 4.90 Å². The molecule has 1 aromatic carbocycles. The molecule has 1 unspecified atom stereocenters. The van der Waals surface area contributed by atoms with Crippen molar-refractivity contribution in [1.82, 2.24) is 9.80 Å². The van der Waals surface area contributed by atoms with Crippen LogP contribution in [0.2, 0.25) is 0 Å². The van der Waals surface area contributed by atoms with Crippen molar-refractivity contribution >= 4 is 5.91 Å². The minimum atomic E-state index is -4.31. The summed E-state index contributed by atoms with van der Waals surface area (Å²) < 4.78 is 49.1. The van der Waals surface area contributed by atoms with Gasteiger partial charge in [-0.15, -0.1) is 0 Å². The molecule has 0 aromatic heterocycles. The minimum Gasteiger partial charge on any atom is -0.378 e. The molecule has 1 amide bonds. The van der Waals surface area contributed by atoms with Crippen LogP contribution >= 0.6 is 0 Å². The van der Waals surface area contributed by atoms with E-state index in [9.17, 15) is 18.0 Å². The summed E-state index contributed by atoms with van der Waals surface area (Å²) in [6, 6.07) is 5.31. The first-order valence-electron chi connectivity index (χ1n) is 10.3. The molecule has 2 saturated heterocycles. The second-order valence-corrected chi connectivity index (χ2v) is 7.67. The molecule has 2 aliphatic heterocycles. The van der Waals surface area contributed by atoms with Gasteiger partial charge in [-0.1, -0.05) is 12.1 Å². The number of rotatable bonds is 7. The molecule has 0 radical (unpaired) electrons. The van der Waals surface area contributed by atoms with E-state index in [4.69, 9.17) is 9.47 Å². The number of carbonyl (C=O) groups excluding carboxylic acids is 1. The molecule has 0 aliphatic carbocycles. The van der Waals surface area contributed by atoms with Gasteiger partial charge >= 0.3 is 6.18 Å². The molecule has 8 heteroatoms. The zero-order chi connectivity index (χ0) is 20.7. The first kappa shape index (κ1) is 22.1. The van der Waals surface area contributed by atoms with Gasteiger partial charge < -0.3 is 14.4 Å². The number of alkyl halides is 3. The van der Waals surface area contributed by atoms with E-state index in [2.05, 4.69) is 4.90 Å². The highest BCUT2D eigenvalue weighted by atomic mass is 19.4. The van der Waals surface area contributed by atoms with Gasteiger partial charge in [0.15, 0.2) is 0 Å². The maximum absolute atomic E-state index is 12.7. The average Bonchev–Trinajstić information content (AvgIpc) is 3.10. The van der Waals surface area contributed by atoms with Crippen molar-refractivity contribution in [1.29, 1.82) is 0 Å². The Bertz CT molecular complexity index is 646. The van der Waals surface area contributed by atoms with Gasteiger partial charge in [0.25, 0.3) is 0 Å². The van der Waals surface area contributed by atoms with E-state index in [1.54, 1.807) is 0 Å². The number of hydrogen-bond acceptors (Lipinski definition) is 4. The van der Waals surface area contributed by atoms with Gasteiger partial charge in [-0.05, 0) is 37.0 Å². The zero-order valence-electron chi connectivity index (χ0n) is 16.6. The number of halogens is 3. The quantitative estimate of drug-likeness (QED) is 0.642. The number of benzene rings is 1. The van der Waals surface area contributed by atoms with Crippen LogP contribution in [-0.4, -0.2) is 67.8 Å². The molecule has 2 heterocycles. The van der Waals surface area contributed by atoms with Crippen molar-refractivity contribution in [2.75, 3.05) is 46.0 Å². The van der Waals surface area contributed by atoms with E-state index < -0.39 is 11.7 Å². The van der Waals surface area contributed by atoms with Crippen LogP contribution in [0.1, 0.15) is 36.8 Å². The van der Waals surface area contributed by atoms with Crippen LogP contribution in [0.4, 0.5) is 13.2 Å². The molecule has 5 nitrogen and oxygen atoms in total. The Hall–Kier alpha value is -1.64. The van der Waals surface area contributed by atoms with Crippen LogP contribution in [0, 0.1) is 0 Å². The average molecular weight is 414 g/mol. The second kappa shape index (κ2) is 10.4. The lowest BCUT2D eigenvalue weighted by Crippen LogP contribution is -2.35. The number of ether oxygens (including phenoxy) is 2. The smallest absolute Gasteiger partial charge is 0.378 e. The lowest BCUT2D eigenvalue weighted by molar-refractivity contribution is -0.137. The molecule has 162 valence electrons. The standard InChI is InChI=1S/C21H29F3N2O3/c22-21(23,24)18-6-4-17(5-7-18)15-25-9-2-10-26(12-11-25)20(27)8-14-28-16-19-3-1-13-29-19/h4-7,19H,1-3,8-16H2. The van der Waals surface area contributed by atoms with Crippen molar-refractivity contribution in [3.8, 4) is 0 Å². The maximum atomic E-state index is 12.7. The van der Waals surface area contributed by atoms with E-state index in [0.717, 1.165) is 50.1 Å². The lowest BCUT2D eigenvalue weighted by atomic mass is 10.1. The van der Waals surface area contributed by atoms with Crippen LogP contribution in [0.3, 0.4) is 0 Å². The topological polar surface area (TPSA) is 42.0 Å². The van der Waals surface area contributed by atoms with E-state index in [0.29, 0.717) is 45.8 Å². The van der Waals surface area contributed by atoms with E-state index in [1.165, 1.54) is 12.1 Å². The summed E-state index contributed by atoms with van der Waals surface area (Å²) in [7, 11) is 0. The molecule has 0 saturated carbocycles. The summed E-state index contributed by atoms with van der Waals surface area (Å²) >= 11 is 0. The first-order valence-corrected chi connectivity index (χ1v) is 10.3. The first-order chi connectivity index (χ1) is 13.9. The fourth-order valence-corrected chi connectivity index (χ4v) is 3.74. The lowest BCUT2D eigenvalue weighted by Gasteiger charge is -2.22. The van der Waals surface area contributed by atoms with Gasteiger partial charge in [0.1, 0.15) is 0 Å². The Morgan fingerprint density at radius 1 is 1.10 bits per heavy atom. The SMILES string of the molecule is O=C(CCOCC1CCCO1)N1CCCN(Cc2ccc(C(F)(F)F)cc2)CC1. The van der Waals surface area contributed by atoms with Gasteiger partial charge in [-0.2, -0.15) is 13.2 Å². The molecule has 1 atom stereocenters. The summed E-state index contributed by atoms with van der Waals surface area (Å²) in [4.78, 5) is 16.5. The van der Waals surface area contributed by atoms with Gasteiger partial charge in [0.2, 0.25) is 5.91 Å². The number of amides is 1. The highest BCUT2D eigenvalue weighted by molar-refractivity contribution is 5.76. The van der Waals surface area contributed by atoms with Gasteiger partial charge in [-0.25, -0.2) is 0 Å². The van der Waals surface area contributed by atoms with E-state index in [-0.39, 0.29) is 12.0 Å². The van der Waals surface area contributed by atoms with E-state index >= 15 is 0 Å². The third kappa shape index (κ3) is 6.97. The van der Waals surface area contributed by atoms with Crippen LogP contribution < -0.4 is 0 Å². The third-order valence-electron chi connectivity index (χ3n) is 5.42. The van der Waals surface area contributed by atoms with Crippen LogP contribution in [-0.2, 0) is 27.0 Å². The molecule has 3 rings (SSSR count). The Balaban J connectivity index is 1.38. The molecular formula is C21H29F3N2O3. The Morgan fingerprint density at radius 3 is 2.59 bits per heavy atom.